The van der Waals surface area contributed by atoms with Gasteiger partial charge in [0.1, 0.15) is 5.75 Å². The Kier molecular flexibility index (Phi) is 7.19. The normalized spacial score (nSPS) is 10.9. The minimum Gasteiger partial charge on any atom is -0.468 e. The minimum atomic E-state index is 0.244. The first kappa shape index (κ1) is 23.6. The van der Waals surface area contributed by atoms with Crippen LogP contribution in [0, 0.1) is 0 Å². The van der Waals surface area contributed by atoms with Crippen LogP contribution in [0.4, 0.5) is 17.1 Å². The molecule has 0 heterocycles. The molecule has 0 spiro atoms. The van der Waals surface area contributed by atoms with Gasteiger partial charge in [-0.2, -0.15) is 0 Å². The van der Waals surface area contributed by atoms with Crippen LogP contribution in [-0.2, 0) is 4.74 Å². The number of fused-ring (bicyclic) bond motifs is 1. The molecule has 0 aromatic heterocycles. The fourth-order valence-corrected chi connectivity index (χ4v) is 4.58. The number of anilines is 3. The minimum absolute atomic E-state index is 0.244. The molecule has 0 atom stereocenters. The van der Waals surface area contributed by atoms with Crippen LogP contribution in [-0.4, -0.2) is 13.9 Å². The maximum atomic E-state index is 5.57. The predicted molar refractivity (Wildman–Crippen MR) is 152 cm³/mol. The van der Waals surface area contributed by atoms with Crippen molar-refractivity contribution in [1.29, 1.82) is 0 Å². The first-order valence-corrected chi connectivity index (χ1v) is 12.8. The Hall–Kier alpha value is -3.12. The third-order valence-electron chi connectivity index (χ3n) is 5.78. The fourth-order valence-electron chi connectivity index (χ4n) is 4.05. The van der Waals surface area contributed by atoms with Gasteiger partial charge in [-0.15, -0.1) is 0 Å². The zero-order valence-corrected chi connectivity index (χ0v) is 22.3. The largest absolute Gasteiger partial charge is 0.468 e. The van der Waals surface area contributed by atoms with E-state index in [1.807, 2.05) is 12.1 Å². The fraction of sp³-hybridized carbons (Fsp3) is 0.0667. The summed E-state index contributed by atoms with van der Waals surface area (Å²) < 4.78 is 12.7. The lowest BCUT2D eigenvalue weighted by Gasteiger charge is -2.25. The lowest BCUT2D eigenvalue weighted by atomic mass is 10.0. The average Bonchev–Trinajstić information content (AvgIpc) is 2.90. The number of nitrogens with zero attached hydrogens (tertiary/aromatic N) is 1. The molecular formula is C30H23Br2NO2. The Bertz CT molecular complexity index is 1390. The van der Waals surface area contributed by atoms with Crippen molar-refractivity contribution in [3.8, 4) is 16.9 Å². The molecule has 0 fully saturated rings. The van der Waals surface area contributed by atoms with Gasteiger partial charge < -0.3 is 14.4 Å². The van der Waals surface area contributed by atoms with E-state index in [4.69, 9.17) is 9.47 Å². The Morgan fingerprint density at radius 3 is 1.63 bits per heavy atom. The highest BCUT2D eigenvalue weighted by Crippen LogP contribution is 2.37. The van der Waals surface area contributed by atoms with Gasteiger partial charge in [0.2, 0.25) is 0 Å². The second kappa shape index (κ2) is 10.6. The number of hydrogen-bond acceptors (Lipinski definition) is 3. The molecule has 0 saturated heterocycles. The molecule has 5 rings (SSSR count). The van der Waals surface area contributed by atoms with Crippen LogP contribution in [0.2, 0.25) is 0 Å². The van der Waals surface area contributed by atoms with Gasteiger partial charge in [0, 0.05) is 33.1 Å². The molecule has 5 aromatic carbocycles. The molecule has 0 bridgehead atoms. The van der Waals surface area contributed by atoms with E-state index in [0.717, 1.165) is 37.1 Å². The SMILES string of the molecule is COCOc1ccc2cc(-c3ccc(N(c4ccc(Br)cc4)c4ccc(Br)cc4)cc3)ccc2c1. The molecule has 3 nitrogen and oxygen atoms in total. The number of hydrogen-bond donors (Lipinski definition) is 0. The third kappa shape index (κ3) is 5.43. The zero-order chi connectivity index (χ0) is 24.2. The van der Waals surface area contributed by atoms with Crippen molar-refractivity contribution < 1.29 is 9.47 Å². The second-order valence-electron chi connectivity index (χ2n) is 8.11. The van der Waals surface area contributed by atoms with Crippen molar-refractivity contribution in [3.63, 3.8) is 0 Å². The van der Waals surface area contributed by atoms with Gasteiger partial charge in [-0.05, 0) is 101 Å². The highest BCUT2D eigenvalue weighted by atomic mass is 79.9. The summed E-state index contributed by atoms with van der Waals surface area (Å²) in [5.41, 5.74) is 5.63. The molecule has 0 radical (unpaired) electrons. The van der Waals surface area contributed by atoms with Gasteiger partial charge in [-0.25, -0.2) is 0 Å². The molecule has 5 aromatic rings. The Morgan fingerprint density at radius 1 is 0.571 bits per heavy atom. The molecule has 0 N–H and O–H groups in total. The van der Waals surface area contributed by atoms with E-state index < -0.39 is 0 Å². The molecule has 0 saturated carbocycles. The predicted octanol–water partition coefficient (Wildman–Crippen LogP) is 9.48. The molecule has 174 valence electrons. The number of ether oxygens (including phenoxy) is 2. The summed E-state index contributed by atoms with van der Waals surface area (Å²) in [5.74, 6) is 0.803. The molecular weight excluding hydrogens is 566 g/mol. The van der Waals surface area contributed by atoms with E-state index in [-0.39, 0.29) is 6.79 Å². The quantitative estimate of drug-likeness (QED) is 0.177. The van der Waals surface area contributed by atoms with Crippen LogP contribution >= 0.6 is 31.9 Å². The lowest BCUT2D eigenvalue weighted by Crippen LogP contribution is -2.09. The van der Waals surface area contributed by atoms with Crippen molar-refractivity contribution in [3.05, 3.63) is 118 Å². The number of halogens is 2. The third-order valence-corrected chi connectivity index (χ3v) is 6.84. The average molecular weight is 589 g/mol. The van der Waals surface area contributed by atoms with Gasteiger partial charge in [0.25, 0.3) is 0 Å². The van der Waals surface area contributed by atoms with Gasteiger partial charge in [-0.3, -0.25) is 0 Å². The number of methoxy groups -OCH3 is 1. The van der Waals surface area contributed by atoms with Crippen molar-refractivity contribution in [2.24, 2.45) is 0 Å². The molecule has 35 heavy (non-hydrogen) atoms. The van der Waals surface area contributed by atoms with Crippen LogP contribution in [0.15, 0.2) is 118 Å². The van der Waals surface area contributed by atoms with Crippen LogP contribution in [0.25, 0.3) is 21.9 Å². The maximum Gasteiger partial charge on any atom is 0.188 e. The van der Waals surface area contributed by atoms with Crippen molar-refractivity contribution in [2.75, 3.05) is 18.8 Å². The van der Waals surface area contributed by atoms with Gasteiger partial charge in [-0.1, -0.05) is 62.2 Å². The van der Waals surface area contributed by atoms with E-state index in [9.17, 15) is 0 Å². The van der Waals surface area contributed by atoms with Gasteiger partial charge >= 0.3 is 0 Å². The molecule has 0 aliphatic heterocycles. The summed E-state index contributed by atoms with van der Waals surface area (Å²) in [6.45, 7) is 0.244. The summed E-state index contributed by atoms with van der Waals surface area (Å²) in [7, 11) is 1.62. The summed E-state index contributed by atoms with van der Waals surface area (Å²) in [5, 5.41) is 2.30. The lowest BCUT2D eigenvalue weighted by molar-refractivity contribution is 0.0512. The standard InChI is InChI=1S/C30H23Br2NO2/c1-34-20-35-30-17-6-23-18-22(2-3-24(23)19-30)21-4-11-27(12-5-21)33(28-13-7-25(31)8-14-28)29-15-9-26(32)10-16-29/h2-19H,20H2,1H3. The smallest absolute Gasteiger partial charge is 0.188 e. The first-order valence-electron chi connectivity index (χ1n) is 11.2. The molecule has 0 aliphatic carbocycles. The van der Waals surface area contributed by atoms with Crippen LogP contribution in [0.3, 0.4) is 0 Å². The van der Waals surface area contributed by atoms with Crippen LogP contribution < -0.4 is 9.64 Å². The van der Waals surface area contributed by atoms with Crippen LogP contribution in [0.5, 0.6) is 5.75 Å². The number of benzene rings is 5. The topological polar surface area (TPSA) is 21.7 Å². The number of rotatable bonds is 7. The highest BCUT2D eigenvalue weighted by Gasteiger charge is 2.13. The van der Waals surface area contributed by atoms with Gasteiger partial charge in [0.15, 0.2) is 6.79 Å². The van der Waals surface area contributed by atoms with E-state index in [1.165, 1.54) is 16.5 Å². The monoisotopic (exact) mass is 587 g/mol. The van der Waals surface area contributed by atoms with E-state index in [2.05, 4.69) is 134 Å². The molecule has 0 unspecified atom stereocenters. The summed E-state index contributed by atoms with van der Waals surface area (Å²) in [4.78, 5) is 2.25. The van der Waals surface area contributed by atoms with Crippen molar-refractivity contribution in [1.82, 2.24) is 0 Å². The molecule has 0 amide bonds. The highest BCUT2D eigenvalue weighted by molar-refractivity contribution is 9.10. The summed E-state index contributed by atoms with van der Waals surface area (Å²) in [6, 6.07) is 38.0. The second-order valence-corrected chi connectivity index (χ2v) is 9.94. The Morgan fingerprint density at radius 2 is 1.06 bits per heavy atom. The molecule has 0 aliphatic rings. The molecule has 5 heteroatoms. The van der Waals surface area contributed by atoms with Gasteiger partial charge in [0.05, 0.1) is 0 Å². The van der Waals surface area contributed by atoms with E-state index in [0.29, 0.717) is 0 Å². The van der Waals surface area contributed by atoms with E-state index >= 15 is 0 Å². The zero-order valence-electron chi connectivity index (χ0n) is 19.1. The first-order chi connectivity index (χ1) is 17.1. The van der Waals surface area contributed by atoms with Crippen LogP contribution in [0.1, 0.15) is 0 Å². The van der Waals surface area contributed by atoms with E-state index in [1.54, 1.807) is 7.11 Å². The Balaban J connectivity index is 1.47. The van der Waals surface area contributed by atoms with Crippen molar-refractivity contribution >= 4 is 59.7 Å². The summed E-state index contributed by atoms with van der Waals surface area (Å²) >= 11 is 7.09. The van der Waals surface area contributed by atoms with Crippen molar-refractivity contribution in [2.45, 2.75) is 0 Å². The Labute approximate surface area is 222 Å². The maximum absolute atomic E-state index is 5.57. The summed E-state index contributed by atoms with van der Waals surface area (Å²) in [6.07, 6.45) is 0.